The molecule has 1 amide bonds. The minimum absolute atomic E-state index is 0.0721. The van der Waals surface area contributed by atoms with Crippen molar-refractivity contribution in [1.29, 1.82) is 0 Å². The molecule has 0 radical (unpaired) electrons. The molecule has 1 atom stereocenters. The molecule has 23 heavy (non-hydrogen) atoms. The first-order valence-electron chi connectivity index (χ1n) is 7.17. The molecule has 2 heterocycles. The molecule has 0 fully saturated rings. The predicted molar refractivity (Wildman–Crippen MR) is 101 cm³/mol. The topological polar surface area (TPSA) is 67.2 Å². The molecule has 1 unspecified atom stereocenters. The summed E-state index contributed by atoms with van der Waals surface area (Å²) in [6.45, 7) is 4.76. The van der Waals surface area contributed by atoms with Crippen LogP contribution in [0.2, 0.25) is 0 Å². The molecule has 8 heteroatoms. The Labute approximate surface area is 147 Å². The highest BCUT2D eigenvalue weighted by atomic mass is 32.2. The summed E-state index contributed by atoms with van der Waals surface area (Å²) < 4.78 is 0.991. The van der Waals surface area contributed by atoms with Crippen LogP contribution in [-0.2, 0) is 4.79 Å². The Kier molecular flexibility index (Phi) is 5.34. The molecule has 0 bridgehead atoms. The van der Waals surface area contributed by atoms with E-state index in [4.69, 9.17) is 0 Å². The van der Waals surface area contributed by atoms with Gasteiger partial charge >= 0.3 is 0 Å². The van der Waals surface area contributed by atoms with Crippen LogP contribution in [0.15, 0.2) is 29.3 Å². The van der Waals surface area contributed by atoms with Crippen molar-refractivity contribution in [1.82, 2.24) is 10.2 Å². The fourth-order valence-corrected chi connectivity index (χ4v) is 4.84. The largest absolute Gasteiger partial charge is 0.300 e. The molecule has 0 saturated carbocycles. The smallest absolute Gasteiger partial charge is 0.239 e. The number of aromatic nitrogens is 2. The third-order valence-electron chi connectivity index (χ3n) is 3.12. The van der Waals surface area contributed by atoms with Crippen molar-refractivity contribution in [2.45, 2.75) is 19.1 Å². The molecule has 0 spiro atoms. The van der Waals surface area contributed by atoms with Gasteiger partial charge in [0.1, 0.15) is 9.38 Å². The van der Waals surface area contributed by atoms with Crippen LogP contribution in [0.3, 0.4) is 0 Å². The summed E-state index contributed by atoms with van der Waals surface area (Å²) in [6.07, 6.45) is 0. The van der Waals surface area contributed by atoms with Crippen molar-refractivity contribution < 1.29 is 4.79 Å². The number of benzene rings is 1. The van der Waals surface area contributed by atoms with Crippen LogP contribution in [0.4, 0.5) is 5.13 Å². The summed E-state index contributed by atoms with van der Waals surface area (Å²) in [5.41, 5.74) is 2.19. The first kappa shape index (κ1) is 16.5. The Morgan fingerprint density at radius 1 is 1.39 bits per heavy atom. The van der Waals surface area contributed by atoms with E-state index in [0.29, 0.717) is 5.13 Å². The van der Waals surface area contributed by atoms with Crippen molar-refractivity contribution in [2.75, 3.05) is 17.6 Å². The Morgan fingerprint density at radius 2 is 2.26 bits per heavy atom. The number of nitrogens with zero attached hydrogens (tertiary/aromatic N) is 3. The molecule has 1 aliphatic rings. The van der Waals surface area contributed by atoms with Gasteiger partial charge in [-0.2, -0.15) is 0 Å². The van der Waals surface area contributed by atoms with Gasteiger partial charge < -0.3 is 0 Å². The zero-order valence-corrected chi connectivity index (χ0v) is 15.2. The number of amides is 1. The van der Waals surface area contributed by atoms with Crippen LogP contribution < -0.4 is 5.32 Å². The maximum Gasteiger partial charge on any atom is 0.239 e. The highest BCUT2D eigenvalue weighted by Gasteiger charge is 2.20. The van der Waals surface area contributed by atoms with Crippen LogP contribution in [0.5, 0.6) is 0 Å². The van der Waals surface area contributed by atoms with Crippen LogP contribution in [0.1, 0.15) is 12.5 Å². The van der Waals surface area contributed by atoms with Crippen molar-refractivity contribution >= 4 is 50.3 Å². The second kappa shape index (κ2) is 7.46. The van der Waals surface area contributed by atoms with E-state index in [0.717, 1.165) is 27.2 Å². The molecule has 1 aromatic carbocycles. The summed E-state index contributed by atoms with van der Waals surface area (Å²) in [6, 6.07) is 8.08. The Hall–Kier alpha value is -1.38. The predicted octanol–water partition coefficient (Wildman–Crippen LogP) is 3.68. The van der Waals surface area contributed by atoms with Gasteiger partial charge in [0.2, 0.25) is 11.0 Å². The maximum atomic E-state index is 12.2. The average Bonchev–Trinajstić information content (AvgIpc) is 3.19. The van der Waals surface area contributed by atoms with Gasteiger partial charge in [-0.05, 0) is 19.9 Å². The summed E-state index contributed by atoms with van der Waals surface area (Å²) in [5, 5.41) is 12.2. The molecule has 3 rings (SSSR count). The SMILES string of the molecule is Cc1cccc(-c2nnc(NC(=O)C(C)SC3=NCCS3)s2)c1. The zero-order valence-electron chi connectivity index (χ0n) is 12.8. The lowest BCUT2D eigenvalue weighted by Gasteiger charge is -2.09. The van der Waals surface area contributed by atoms with Crippen molar-refractivity contribution in [3.8, 4) is 10.6 Å². The van der Waals surface area contributed by atoms with Gasteiger partial charge in [0.05, 0.1) is 11.8 Å². The lowest BCUT2D eigenvalue weighted by molar-refractivity contribution is -0.115. The maximum absolute atomic E-state index is 12.2. The molecule has 2 aromatic rings. The number of anilines is 1. The lowest BCUT2D eigenvalue weighted by Crippen LogP contribution is -2.23. The van der Waals surface area contributed by atoms with Crippen molar-refractivity contribution in [3.05, 3.63) is 29.8 Å². The molecule has 0 saturated heterocycles. The Balaban J connectivity index is 1.63. The molecular weight excluding hydrogens is 348 g/mol. The first-order chi connectivity index (χ1) is 11.1. The molecule has 1 N–H and O–H groups in total. The van der Waals surface area contributed by atoms with E-state index in [9.17, 15) is 4.79 Å². The number of carbonyl (C=O) groups excluding carboxylic acids is 1. The van der Waals surface area contributed by atoms with Gasteiger partial charge in [0, 0.05) is 11.3 Å². The van der Waals surface area contributed by atoms with E-state index in [-0.39, 0.29) is 11.2 Å². The number of nitrogens with one attached hydrogen (secondary N) is 1. The van der Waals surface area contributed by atoms with Crippen LogP contribution in [0, 0.1) is 6.92 Å². The monoisotopic (exact) mass is 364 g/mol. The van der Waals surface area contributed by atoms with Crippen molar-refractivity contribution in [3.63, 3.8) is 0 Å². The molecule has 120 valence electrons. The molecular formula is C15H16N4OS3. The van der Waals surface area contributed by atoms with Crippen LogP contribution in [-0.4, -0.2) is 38.0 Å². The molecule has 1 aromatic heterocycles. The zero-order chi connectivity index (χ0) is 16.2. The van der Waals surface area contributed by atoms with Gasteiger partial charge in [-0.25, -0.2) is 0 Å². The van der Waals surface area contributed by atoms with Gasteiger partial charge in [-0.3, -0.25) is 15.1 Å². The number of hydrogen-bond donors (Lipinski definition) is 1. The summed E-state index contributed by atoms with van der Waals surface area (Å²) in [5.74, 6) is 0.935. The van der Waals surface area contributed by atoms with Gasteiger partial charge in [0.15, 0.2) is 0 Å². The highest BCUT2D eigenvalue weighted by Crippen LogP contribution is 2.29. The van der Waals surface area contributed by atoms with E-state index in [1.807, 2.05) is 32.0 Å². The minimum Gasteiger partial charge on any atom is -0.300 e. The average molecular weight is 365 g/mol. The molecule has 1 aliphatic heterocycles. The van der Waals surface area contributed by atoms with E-state index < -0.39 is 0 Å². The van der Waals surface area contributed by atoms with Crippen molar-refractivity contribution in [2.24, 2.45) is 4.99 Å². The van der Waals surface area contributed by atoms with E-state index >= 15 is 0 Å². The fourth-order valence-electron chi connectivity index (χ4n) is 1.97. The van der Waals surface area contributed by atoms with Gasteiger partial charge in [0.25, 0.3) is 0 Å². The standard InChI is InChI=1S/C15H16N4OS3/c1-9-4-3-5-11(8-9)13-18-19-14(23-13)17-12(20)10(2)22-15-16-6-7-21-15/h3-5,8,10H,6-7H2,1-2H3,(H,17,19,20). The number of aliphatic imine (C=N–C) groups is 1. The molecule has 0 aliphatic carbocycles. The van der Waals surface area contributed by atoms with E-state index in [1.54, 1.807) is 11.8 Å². The number of aryl methyl sites for hydroxylation is 1. The number of rotatable bonds is 4. The number of thioether (sulfide) groups is 2. The van der Waals surface area contributed by atoms with Gasteiger partial charge in [-0.15, -0.1) is 10.2 Å². The summed E-state index contributed by atoms with van der Waals surface area (Å²) >= 11 is 4.59. The van der Waals surface area contributed by atoms with Gasteiger partial charge in [-0.1, -0.05) is 58.6 Å². The summed E-state index contributed by atoms with van der Waals surface area (Å²) in [7, 11) is 0. The van der Waals surface area contributed by atoms with E-state index in [2.05, 4.69) is 26.6 Å². The minimum atomic E-state index is -0.203. The molecule has 5 nitrogen and oxygen atoms in total. The second-order valence-corrected chi connectivity index (χ2v) is 8.68. The Morgan fingerprint density at radius 3 is 3.00 bits per heavy atom. The third-order valence-corrected chi connectivity index (χ3v) is 6.32. The fraction of sp³-hybridized carbons (Fsp3) is 0.333. The normalized spacial score (nSPS) is 15.3. The van der Waals surface area contributed by atoms with Crippen LogP contribution in [0.25, 0.3) is 10.6 Å². The quantitative estimate of drug-likeness (QED) is 0.896. The Bertz CT molecular complexity index is 744. The summed E-state index contributed by atoms with van der Waals surface area (Å²) in [4.78, 5) is 16.6. The number of hydrogen-bond acceptors (Lipinski definition) is 7. The van der Waals surface area contributed by atoms with E-state index in [1.165, 1.54) is 28.7 Å². The third kappa shape index (κ3) is 4.33. The second-order valence-electron chi connectivity index (χ2n) is 5.03. The lowest BCUT2D eigenvalue weighted by atomic mass is 10.1. The van der Waals surface area contributed by atoms with Crippen LogP contribution >= 0.6 is 34.9 Å². The number of carbonyl (C=O) groups is 1. The first-order valence-corrected chi connectivity index (χ1v) is 9.85. The highest BCUT2D eigenvalue weighted by molar-refractivity contribution is 8.39.